The van der Waals surface area contributed by atoms with Crippen molar-refractivity contribution >= 4 is 12.0 Å². The Labute approximate surface area is 160 Å². The lowest BCUT2D eigenvalue weighted by molar-refractivity contribution is -0.132. The average molecular weight is 379 g/mol. The number of nitrogens with one attached hydrogen (secondary N) is 1. The summed E-state index contributed by atoms with van der Waals surface area (Å²) in [5, 5.41) is 0. The summed E-state index contributed by atoms with van der Waals surface area (Å²) < 4.78 is 13.1. The second-order valence-corrected chi connectivity index (χ2v) is 7.90. The third-order valence-corrected chi connectivity index (χ3v) is 4.63. The first-order valence-electron chi connectivity index (χ1n) is 9.43. The molecule has 0 radical (unpaired) electrons. The topological polar surface area (TPSA) is 61.9 Å². The van der Waals surface area contributed by atoms with Crippen molar-refractivity contribution < 1.29 is 18.8 Å². The van der Waals surface area contributed by atoms with Gasteiger partial charge in [-0.05, 0) is 45.6 Å². The highest BCUT2D eigenvalue weighted by Gasteiger charge is 2.28. The molecule has 1 aromatic rings. The molecule has 0 spiro atoms. The fourth-order valence-electron chi connectivity index (χ4n) is 3.04. The maximum atomic E-state index is 13.1. The SMILES string of the molecule is CC(C)(C)N(CCc1ccccc1)C(=O)ONC(=O)CN1CCC(F)CC1. The van der Waals surface area contributed by atoms with Crippen LogP contribution in [-0.4, -0.2) is 59.7 Å². The maximum absolute atomic E-state index is 13.1. The number of carbonyl (C=O) groups is 2. The van der Waals surface area contributed by atoms with Crippen LogP contribution < -0.4 is 5.48 Å². The third kappa shape index (κ3) is 7.17. The summed E-state index contributed by atoms with van der Waals surface area (Å²) in [6.07, 6.45) is 0.190. The predicted octanol–water partition coefficient (Wildman–Crippen LogP) is 2.93. The molecule has 2 rings (SSSR count). The molecule has 0 unspecified atom stereocenters. The van der Waals surface area contributed by atoms with E-state index in [9.17, 15) is 14.0 Å². The summed E-state index contributed by atoms with van der Waals surface area (Å²) in [5.74, 6) is -0.405. The number of rotatable bonds is 5. The van der Waals surface area contributed by atoms with Crippen LogP contribution in [0.15, 0.2) is 30.3 Å². The van der Waals surface area contributed by atoms with Crippen molar-refractivity contribution in [3.63, 3.8) is 0 Å². The van der Waals surface area contributed by atoms with Gasteiger partial charge in [-0.2, -0.15) is 5.48 Å². The molecule has 6 nitrogen and oxygen atoms in total. The number of benzene rings is 1. The molecular weight excluding hydrogens is 349 g/mol. The monoisotopic (exact) mass is 379 g/mol. The van der Waals surface area contributed by atoms with Gasteiger partial charge in [-0.25, -0.2) is 9.18 Å². The van der Waals surface area contributed by atoms with Gasteiger partial charge in [0.15, 0.2) is 0 Å². The van der Waals surface area contributed by atoms with Crippen molar-refractivity contribution in [3.05, 3.63) is 35.9 Å². The molecule has 1 aromatic carbocycles. The quantitative estimate of drug-likeness (QED) is 0.799. The largest absolute Gasteiger partial charge is 0.434 e. The maximum Gasteiger partial charge on any atom is 0.434 e. The van der Waals surface area contributed by atoms with E-state index >= 15 is 0 Å². The van der Waals surface area contributed by atoms with Crippen molar-refractivity contribution in [2.45, 2.75) is 51.7 Å². The summed E-state index contributed by atoms with van der Waals surface area (Å²) in [6, 6.07) is 9.88. The molecule has 1 fully saturated rings. The molecule has 150 valence electrons. The Morgan fingerprint density at radius 1 is 1.22 bits per heavy atom. The zero-order chi connectivity index (χ0) is 19.9. The molecule has 1 aliphatic rings. The van der Waals surface area contributed by atoms with Gasteiger partial charge in [-0.1, -0.05) is 30.3 Å². The number of nitrogens with zero attached hydrogens (tertiary/aromatic N) is 2. The van der Waals surface area contributed by atoms with Crippen molar-refractivity contribution in [2.24, 2.45) is 0 Å². The molecule has 2 amide bonds. The van der Waals surface area contributed by atoms with Crippen LogP contribution in [-0.2, 0) is 16.1 Å². The molecule has 0 saturated carbocycles. The van der Waals surface area contributed by atoms with Gasteiger partial charge in [-0.3, -0.25) is 9.69 Å². The number of hydrogen-bond acceptors (Lipinski definition) is 4. The zero-order valence-electron chi connectivity index (χ0n) is 16.4. The fourth-order valence-corrected chi connectivity index (χ4v) is 3.04. The molecule has 0 aromatic heterocycles. The van der Waals surface area contributed by atoms with E-state index in [2.05, 4.69) is 5.48 Å². The highest BCUT2D eigenvalue weighted by atomic mass is 19.1. The van der Waals surface area contributed by atoms with Crippen molar-refractivity contribution in [1.82, 2.24) is 15.3 Å². The highest BCUT2D eigenvalue weighted by Crippen LogP contribution is 2.16. The van der Waals surface area contributed by atoms with Gasteiger partial charge < -0.3 is 9.74 Å². The normalized spacial score (nSPS) is 16.0. The highest BCUT2D eigenvalue weighted by molar-refractivity contribution is 5.79. The molecule has 27 heavy (non-hydrogen) atoms. The van der Waals surface area contributed by atoms with E-state index in [1.807, 2.05) is 56.0 Å². The molecule has 1 N–H and O–H groups in total. The first-order chi connectivity index (χ1) is 12.8. The number of hydrogen-bond donors (Lipinski definition) is 1. The smallest absolute Gasteiger partial charge is 0.321 e. The predicted molar refractivity (Wildman–Crippen MR) is 102 cm³/mol. The van der Waals surface area contributed by atoms with Crippen molar-refractivity contribution in [3.8, 4) is 0 Å². The number of carbonyl (C=O) groups excluding carboxylic acids is 2. The van der Waals surface area contributed by atoms with E-state index in [4.69, 9.17) is 4.84 Å². The number of likely N-dealkylation sites (tertiary alicyclic amines) is 1. The van der Waals surface area contributed by atoms with E-state index in [-0.39, 0.29) is 6.54 Å². The minimum absolute atomic E-state index is 0.0968. The Bertz CT molecular complexity index is 611. The van der Waals surface area contributed by atoms with Crippen LogP contribution in [0.25, 0.3) is 0 Å². The van der Waals surface area contributed by atoms with Crippen LogP contribution in [0.3, 0.4) is 0 Å². The molecule has 0 aliphatic carbocycles. The average Bonchev–Trinajstić information content (AvgIpc) is 2.62. The molecule has 1 aliphatic heterocycles. The van der Waals surface area contributed by atoms with Gasteiger partial charge in [-0.15, -0.1) is 0 Å². The van der Waals surface area contributed by atoms with Crippen LogP contribution in [0.5, 0.6) is 0 Å². The van der Waals surface area contributed by atoms with Gasteiger partial charge in [0.25, 0.3) is 5.91 Å². The molecule has 0 bridgehead atoms. The fraction of sp³-hybridized carbons (Fsp3) is 0.600. The van der Waals surface area contributed by atoms with Gasteiger partial charge >= 0.3 is 6.09 Å². The Balaban J connectivity index is 1.81. The van der Waals surface area contributed by atoms with Crippen molar-refractivity contribution in [1.29, 1.82) is 0 Å². The summed E-state index contributed by atoms with van der Waals surface area (Å²) in [4.78, 5) is 33.0. The van der Waals surface area contributed by atoms with Gasteiger partial charge in [0.2, 0.25) is 0 Å². The standard InChI is InChI=1S/C20H30FN3O3/c1-20(2,3)24(14-9-16-7-5-4-6-8-16)19(26)27-22-18(25)15-23-12-10-17(21)11-13-23/h4-8,17H,9-15H2,1-3H3,(H,22,25). The van der Waals surface area contributed by atoms with Crippen LogP contribution in [0.1, 0.15) is 39.2 Å². The van der Waals surface area contributed by atoms with E-state index in [0.29, 0.717) is 38.9 Å². The van der Waals surface area contributed by atoms with E-state index < -0.39 is 23.7 Å². The third-order valence-electron chi connectivity index (χ3n) is 4.63. The molecule has 7 heteroatoms. The summed E-state index contributed by atoms with van der Waals surface area (Å²) in [5.41, 5.74) is 2.91. The Morgan fingerprint density at radius 3 is 2.44 bits per heavy atom. The Kier molecular flexibility index (Phi) is 7.59. The van der Waals surface area contributed by atoms with Crippen LogP contribution >= 0.6 is 0 Å². The zero-order valence-corrected chi connectivity index (χ0v) is 16.4. The Hall–Kier alpha value is -2.15. The molecule has 0 atom stereocenters. The lowest BCUT2D eigenvalue weighted by atomic mass is 10.1. The summed E-state index contributed by atoms with van der Waals surface area (Å²) in [7, 11) is 0. The van der Waals surface area contributed by atoms with Gasteiger partial charge in [0.1, 0.15) is 6.17 Å². The number of hydroxylamine groups is 1. The molecular formula is C20H30FN3O3. The number of piperidine rings is 1. The van der Waals surface area contributed by atoms with Crippen molar-refractivity contribution in [2.75, 3.05) is 26.2 Å². The van der Waals surface area contributed by atoms with E-state index in [1.54, 1.807) is 4.90 Å². The van der Waals surface area contributed by atoms with Gasteiger partial charge in [0, 0.05) is 25.2 Å². The second-order valence-electron chi connectivity index (χ2n) is 7.90. The minimum Gasteiger partial charge on any atom is -0.321 e. The first kappa shape index (κ1) is 21.2. The number of amides is 2. The van der Waals surface area contributed by atoms with E-state index in [1.165, 1.54) is 0 Å². The van der Waals surface area contributed by atoms with Crippen LogP contribution in [0, 0.1) is 0 Å². The summed E-state index contributed by atoms with van der Waals surface area (Å²) in [6.45, 7) is 7.40. The molecule has 1 saturated heterocycles. The summed E-state index contributed by atoms with van der Waals surface area (Å²) >= 11 is 0. The van der Waals surface area contributed by atoms with Crippen LogP contribution in [0.2, 0.25) is 0 Å². The van der Waals surface area contributed by atoms with Crippen LogP contribution in [0.4, 0.5) is 9.18 Å². The second kappa shape index (κ2) is 9.69. The lowest BCUT2D eigenvalue weighted by Gasteiger charge is -2.34. The number of alkyl halides is 1. The van der Waals surface area contributed by atoms with Gasteiger partial charge in [0.05, 0.1) is 6.54 Å². The number of halogens is 1. The molecule has 1 heterocycles. The van der Waals surface area contributed by atoms with E-state index in [0.717, 1.165) is 5.56 Å². The minimum atomic E-state index is -0.785. The first-order valence-corrected chi connectivity index (χ1v) is 9.43. The Morgan fingerprint density at radius 2 is 1.85 bits per heavy atom. The lowest BCUT2D eigenvalue weighted by Crippen LogP contribution is -2.49.